The molecule has 2 amide bonds. The average molecular weight is 330 g/mol. The average Bonchev–Trinajstić information content (AvgIpc) is 2.64. The molecule has 2 aromatic carbocycles. The van der Waals surface area contributed by atoms with Crippen LogP contribution in [0.1, 0.15) is 11.1 Å². The van der Waals surface area contributed by atoms with Crippen molar-refractivity contribution in [2.75, 3.05) is 21.3 Å². The zero-order valence-electron chi connectivity index (χ0n) is 14.1. The lowest BCUT2D eigenvalue weighted by Crippen LogP contribution is -2.34. The number of carbonyl (C=O) groups excluding carboxylic acids is 1. The number of carbonyl (C=O) groups is 1. The molecule has 0 atom stereocenters. The van der Waals surface area contributed by atoms with E-state index in [1.54, 1.807) is 21.3 Å². The van der Waals surface area contributed by atoms with Crippen molar-refractivity contribution >= 4 is 6.03 Å². The summed E-state index contributed by atoms with van der Waals surface area (Å²) in [7, 11) is 4.76. The third-order valence-corrected chi connectivity index (χ3v) is 3.56. The third kappa shape index (κ3) is 4.32. The van der Waals surface area contributed by atoms with E-state index < -0.39 is 0 Å². The molecule has 0 aliphatic heterocycles. The van der Waals surface area contributed by atoms with Crippen molar-refractivity contribution in [3.05, 3.63) is 53.6 Å². The standard InChI is InChI=1S/C18H22N2O4/c1-22-15-9-5-4-7-13(15)11-19-18(21)20-12-14-8-6-10-16(23-2)17(14)24-3/h4-10H,11-12H2,1-3H3,(H2,19,20,21). The highest BCUT2D eigenvalue weighted by Gasteiger charge is 2.10. The van der Waals surface area contributed by atoms with Crippen LogP contribution in [0, 0.1) is 0 Å². The van der Waals surface area contributed by atoms with Gasteiger partial charge in [-0.2, -0.15) is 0 Å². The predicted molar refractivity (Wildman–Crippen MR) is 91.6 cm³/mol. The largest absolute Gasteiger partial charge is 0.496 e. The Morgan fingerprint density at radius 1 is 0.792 bits per heavy atom. The zero-order chi connectivity index (χ0) is 17.4. The van der Waals surface area contributed by atoms with E-state index >= 15 is 0 Å². The quantitative estimate of drug-likeness (QED) is 0.819. The number of urea groups is 1. The Labute approximate surface area is 141 Å². The summed E-state index contributed by atoms with van der Waals surface area (Å²) in [5.74, 6) is 1.99. The second-order valence-corrected chi connectivity index (χ2v) is 5.00. The molecule has 0 aliphatic rings. The van der Waals surface area contributed by atoms with Gasteiger partial charge >= 0.3 is 6.03 Å². The van der Waals surface area contributed by atoms with E-state index in [-0.39, 0.29) is 6.03 Å². The summed E-state index contributed by atoms with van der Waals surface area (Å²) in [5, 5.41) is 5.61. The third-order valence-electron chi connectivity index (χ3n) is 3.56. The molecule has 2 aromatic rings. The highest BCUT2D eigenvalue weighted by Crippen LogP contribution is 2.30. The molecule has 0 bridgehead atoms. The Kier molecular flexibility index (Phi) is 6.31. The molecule has 128 valence electrons. The molecule has 0 saturated carbocycles. The van der Waals surface area contributed by atoms with Crippen molar-refractivity contribution in [1.29, 1.82) is 0 Å². The van der Waals surface area contributed by atoms with Crippen molar-refractivity contribution in [1.82, 2.24) is 10.6 Å². The van der Waals surface area contributed by atoms with E-state index in [1.807, 2.05) is 42.5 Å². The van der Waals surface area contributed by atoms with Crippen LogP contribution in [0.4, 0.5) is 4.79 Å². The number of benzene rings is 2. The summed E-state index contributed by atoms with van der Waals surface area (Å²) in [5.41, 5.74) is 1.75. The first-order valence-electron chi connectivity index (χ1n) is 7.53. The molecule has 24 heavy (non-hydrogen) atoms. The maximum atomic E-state index is 12.0. The Morgan fingerprint density at radius 3 is 2.04 bits per heavy atom. The number of para-hydroxylation sites is 2. The molecule has 0 aromatic heterocycles. The smallest absolute Gasteiger partial charge is 0.315 e. The van der Waals surface area contributed by atoms with Crippen LogP contribution in [0.15, 0.2) is 42.5 Å². The fraction of sp³-hybridized carbons (Fsp3) is 0.278. The van der Waals surface area contributed by atoms with Crippen LogP contribution in [0.5, 0.6) is 17.2 Å². The molecular weight excluding hydrogens is 308 g/mol. The fourth-order valence-electron chi connectivity index (χ4n) is 2.36. The van der Waals surface area contributed by atoms with Gasteiger partial charge in [0.05, 0.1) is 21.3 Å². The Hall–Kier alpha value is -2.89. The highest BCUT2D eigenvalue weighted by molar-refractivity contribution is 5.74. The van der Waals surface area contributed by atoms with E-state index in [2.05, 4.69) is 10.6 Å². The lowest BCUT2D eigenvalue weighted by Gasteiger charge is -2.14. The van der Waals surface area contributed by atoms with Gasteiger partial charge in [0.1, 0.15) is 5.75 Å². The van der Waals surface area contributed by atoms with Crippen LogP contribution in [-0.2, 0) is 13.1 Å². The van der Waals surface area contributed by atoms with Crippen molar-refractivity contribution in [2.45, 2.75) is 13.1 Å². The molecule has 0 heterocycles. The topological polar surface area (TPSA) is 68.8 Å². The van der Waals surface area contributed by atoms with Crippen LogP contribution < -0.4 is 24.8 Å². The van der Waals surface area contributed by atoms with Gasteiger partial charge in [-0.15, -0.1) is 0 Å². The van der Waals surface area contributed by atoms with Crippen LogP contribution >= 0.6 is 0 Å². The lowest BCUT2D eigenvalue weighted by atomic mass is 10.2. The fourth-order valence-corrected chi connectivity index (χ4v) is 2.36. The van der Waals surface area contributed by atoms with Gasteiger partial charge < -0.3 is 24.8 Å². The monoisotopic (exact) mass is 330 g/mol. The zero-order valence-corrected chi connectivity index (χ0v) is 14.1. The minimum atomic E-state index is -0.272. The lowest BCUT2D eigenvalue weighted by molar-refractivity contribution is 0.240. The van der Waals surface area contributed by atoms with Gasteiger partial charge in [0.25, 0.3) is 0 Å². The van der Waals surface area contributed by atoms with Crippen molar-refractivity contribution in [2.24, 2.45) is 0 Å². The summed E-state index contributed by atoms with van der Waals surface area (Å²) in [6.45, 7) is 0.712. The number of nitrogens with one attached hydrogen (secondary N) is 2. The van der Waals surface area contributed by atoms with Gasteiger partial charge in [-0.1, -0.05) is 30.3 Å². The number of amides is 2. The number of hydrogen-bond donors (Lipinski definition) is 2. The summed E-state index contributed by atoms with van der Waals surface area (Å²) >= 11 is 0. The van der Waals surface area contributed by atoms with E-state index in [9.17, 15) is 4.79 Å². The minimum Gasteiger partial charge on any atom is -0.496 e. The molecule has 2 N–H and O–H groups in total. The van der Waals surface area contributed by atoms with E-state index in [0.29, 0.717) is 24.6 Å². The predicted octanol–water partition coefficient (Wildman–Crippen LogP) is 2.71. The van der Waals surface area contributed by atoms with Gasteiger partial charge in [-0.05, 0) is 12.1 Å². The van der Waals surface area contributed by atoms with Gasteiger partial charge in [-0.3, -0.25) is 0 Å². The molecule has 6 heteroatoms. The number of methoxy groups -OCH3 is 3. The van der Waals surface area contributed by atoms with Crippen LogP contribution in [-0.4, -0.2) is 27.4 Å². The van der Waals surface area contributed by atoms with Crippen LogP contribution in [0.2, 0.25) is 0 Å². The molecule has 6 nitrogen and oxygen atoms in total. The normalized spacial score (nSPS) is 9.96. The summed E-state index contributed by atoms with van der Waals surface area (Å²) in [4.78, 5) is 12.0. The van der Waals surface area contributed by atoms with Gasteiger partial charge in [-0.25, -0.2) is 4.79 Å². The van der Waals surface area contributed by atoms with Crippen LogP contribution in [0.3, 0.4) is 0 Å². The first-order valence-corrected chi connectivity index (χ1v) is 7.53. The Balaban J connectivity index is 1.92. The molecular formula is C18H22N2O4. The second kappa shape index (κ2) is 8.67. The van der Waals surface area contributed by atoms with Crippen LogP contribution in [0.25, 0.3) is 0 Å². The van der Waals surface area contributed by atoms with Gasteiger partial charge in [0, 0.05) is 24.2 Å². The van der Waals surface area contributed by atoms with E-state index in [4.69, 9.17) is 14.2 Å². The SMILES string of the molecule is COc1ccccc1CNC(=O)NCc1cccc(OC)c1OC. The molecule has 0 radical (unpaired) electrons. The summed E-state index contributed by atoms with van der Waals surface area (Å²) < 4.78 is 15.9. The Bertz CT molecular complexity index is 688. The van der Waals surface area contributed by atoms with Crippen molar-refractivity contribution < 1.29 is 19.0 Å². The second-order valence-electron chi connectivity index (χ2n) is 5.00. The maximum absolute atomic E-state index is 12.0. The first kappa shape index (κ1) is 17.5. The summed E-state index contributed by atoms with van der Waals surface area (Å²) in [6, 6.07) is 12.8. The van der Waals surface area contributed by atoms with E-state index in [0.717, 1.165) is 16.9 Å². The molecule has 2 rings (SSSR count). The van der Waals surface area contributed by atoms with Gasteiger partial charge in [0.2, 0.25) is 0 Å². The first-order chi connectivity index (χ1) is 11.7. The van der Waals surface area contributed by atoms with E-state index in [1.165, 1.54) is 0 Å². The number of rotatable bonds is 7. The van der Waals surface area contributed by atoms with Gasteiger partial charge in [0.15, 0.2) is 11.5 Å². The van der Waals surface area contributed by atoms with Crippen molar-refractivity contribution in [3.8, 4) is 17.2 Å². The molecule has 0 fully saturated rings. The number of hydrogen-bond acceptors (Lipinski definition) is 4. The molecule has 0 aliphatic carbocycles. The Morgan fingerprint density at radius 2 is 1.38 bits per heavy atom. The van der Waals surface area contributed by atoms with Crippen molar-refractivity contribution in [3.63, 3.8) is 0 Å². The summed E-state index contributed by atoms with van der Waals surface area (Å²) in [6.07, 6.45) is 0. The highest BCUT2D eigenvalue weighted by atomic mass is 16.5. The minimum absolute atomic E-state index is 0.272. The maximum Gasteiger partial charge on any atom is 0.315 e. The molecule has 0 spiro atoms. The molecule has 0 unspecified atom stereocenters. The number of ether oxygens (including phenoxy) is 3. The molecule has 0 saturated heterocycles.